The number of nitrogen functional groups attached to an aromatic ring is 1. The van der Waals surface area contributed by atoms with Gasteiger partial charge in [-0.1, -0.05) is 0 Å². The van der Waals surface area contributed by atoms with Gasteiger partial charge in [0.15, 0.2) is 0 Å². The Labute approximate surface area is 137 Å². The van der Waals surface area contributed by atoms with Crippen molar-refractivity contribution in [1.29, 1.82) is 0 Å². The van der Waals surface area contributed by atoms with Crippen LogP contribution in [-0.2, 0) is 4.74 Å². The van der Waals surface area contributed by atoms with Gasteiger partial charge in [-0.05, 0) is 19.1 Å². The Morgan fingerprint density at radius 2 is 2.04 bits per heavy atom. The van der Waals surface area contributed by atoms with Crippen molar-refractivity contribution in [2.24, 2.45) is 0 Å². The largest absolute Gasteiger partial charge is 0.465 e. The minimum absolute atomic E-state index is 0.378. The maximum atomic E-state index is 11.7. The first-order valence-electron chi connectivity index (χ1n) is 6.80. The fraction of sp³-hybridized carbons (Fsp3) is 0.125. The number of aromatic nitrogens is 3. The third kappa shape index (κ3) is 3.04. The molecule has 7 heteroatoms. The number of nitrogens with two attached hydrogens (primary N) is 1. The van der Waals surface area contributed by atoms with Gasteiger partial charge in [0, 0.05) is 46.4 Å². The van der Waals surface area contributed by atoms with E-state index < -0.39 is 5.97 Å². The van der Waals surface area contributed by atoms with E-state index in [9.17, 15) is 4.79 Å². The van der Waals surface area contributed by atoms with Crippen molar-refractivity contribution in [2.45, 2.75) is 6.92 Å². The number of ether oxygens (including phenoxy) is 1. The summed E-state index contributed by atoms with van der Waals surface area (Å²) in [5, 5.41) is 2.81. The average molecular weight is 326 g/mol. The molecule has 0 aliphatic rings. The first-order valence-corrected chi connectivity index (χ1v) is 7.68. The first-order chi connectivity index (χ1) is 11.1. The summed E-state index contributed by atoms with van der Waals surface area (Å²) in [6.07, 6.45) is 4.80. The van der Waals surface area contributed by atoms with Crippen LogP contribution in [0.1, 0.15) is 16.1 Å². The monoisotopic (exact) mass is 326 g/mol. The summed E-state index contributed by atoms with van der Waals surface area (Å²) in [5.74, 6) is -0.0249. The van der Waals surface area contributed by atoms with Crippen LogP contribution in [0, 0.1) is 6.92 Å². The Kier molecular flexibility index (Phi) is 4.03. The molecule has 2 N–H and O–H groups in total. The van der Waals surface area contributed by atoms with Crippen molar-refractivity contribution < 1.29 is 9.53 Å². The molecule has 0 spiro atoms. The second-order valence-electron chi connectivity index (χ2n) is 4.90. The number of anilines is 1. The van der Waals surface area contributed by atoms with Crippen molar-refractivity contribution in [1.82, 2.24) is 15.0 Å². The number of thiazole rings is 1. The number of rotatable bonds is 3. The number of aryl methyl sites for hydroxylation is 1. The molecule has 116 valence electrons. The minimum atomic E-state index is -0.436. The third-order valence-electron chi connectivity index (χ3n) is 3.24. The smallest absolute Gasteiger partial charge is 0.339 e. The van der Waals surface area contributed by atoms with Crippen LogP contribution in [0.25, 0.3) is 21.7 Å². The zero-order chi connectivity index (χ0) is 16.4. The van der Waals surface area contributed by atoms with Crippen LogP contribution in [0.15, 0.2) is 36.1 Å². The van der Waals surface area contributed by atoms with E-state index in [0.717, 1.165) is 27.4 Å². The predicted octanol–water partition coefficient (Wildman–Crippen LogP) is 2.94. The Morgan fingerprint density at radius 1 is 1.22 bits per heavy atom. The average Bonchev–Trinajstić information content (AvgIpc) is 3.00. The number of carbonyl (C=O) groups excluding carboxylic acids is 1. The lowest BCUT2D eigenvalue weighted by Crippen LogP contribution is -2.02. The van der Waals surface area contributed by atoms with Gasteiger partial charge in [0.25, 0.3) is 0 Å². The summed E-state index contributed by atoms with van der Waals surface area (Å²) in [6.45, 7) is 1.93. The van der Waals surface area contributed by atoms with Crippen LogP contribution >= 0.6 is 11.3 Å². The fourth-order valence-electron chi connectivity index (χ4n) is 2.17. The lowest BCUT2D eigenvalue weighted by molar-refractivity contribution is 0.0600. The molecule has 0 bridgehead atoms. The number of methoxy groups -OCH3 is 1. The lowest BCUT2D eigenvalue weighted by atomic mass is 10.0. The standard InChI is InChI=1S/C16H14N4O2S/c1-9-8-23-15(20-9)12-4-14(17)19-7-13(12)10-3-11(6-18-5-10)16(21)22-2/h3-8H,1-2H3,(H2,17,19). The molecule has 3 heterocycles. The summed E-state index contributed by atoms with van der Waals surface area (Å²) >= 11 is 1.53. The van der Waals surface area contributed by atoms with E-state index in [1.165, 1.54) is 24.6 Å². The fourth-order valence-corrected chi connectivity index (χ4v) is 3.00. The molecule has 3 aromatic heterocycles. The van der Waals surface area contributed by atoms with Crippen molar-refractivity contribution in [3.05, 3.63) is 47.4 Å². The minimum Gasteiger partial charge on any atom is -0.465 e. The summed E-state index contributed by atoms with van der Waals surface area (Å²) in [7, 11) is 1.34. The zero-order valence-electron chi connectivity index (χ0n) is 12.6. The van der Waals surface area contributed by atoms with Gasteiger partial charge >= 0.3 is 5.97 Å². The third-order valence-corrected chi connectivity index (χ3v) is 4.24. The first kappa shape index (κ1) is 15.1. The molecule has 0 saturated carbocycles. The van der Waals surface area contributed by atoms with Crippen molar-refractivity contribution in [3.63, 3.8) is 0 Å². The van der Waals surface area contributed by atoms with Gasteiger partial charge in [-0.2, -0.15) is 0 Å². The summed E-state index contributed by atoms with van der Waals surface area (Å²) in [6, 6.07) is 3.49. The van der Waals surface area contributed by atoms with Crippen LogP contribution in [-0.4, -0.2) is 28.0 Å². The molecule has 0 unspecified atom stereocenters. The van der Waals surface area contributed by atoms with E-state index in [4.69, 9.17) is 10.5 Å². The zero-order valence-corrected chi connectivity index (χ0v) is 13.4. The van der Waals surface area contributed by atoms with E-state index in [0.29, 0.717) is 11.4 Å². The number of esters is 1. The second-order valence-corrected chi connectivity index (χ2v) is 5.76. The summed E-state index contributed by atoms with van der Waals surface area (Å²) in [5.41, 5.74) is 9.57. The van der Waals surface area contributed by atoms with Gasteiger partial charge in [-0.3, -0.25) is 4.98 Å². The molecule has 0 aliphatic carbocycles. The Hall–Kier alpha value is -2.80. The van der Waals surface area contributed by atoms with E-state index in [1.807, 2.05) is 12.3 Å². The molecule has 0 fully saturated rings. The molecular weight excluding hydrogens is 312 g/mol. The normalized spacial score (nSPS) is 10.5. The highest BCUT2D eigenvalue weighted by Gasteiger charge is 2.14. The quantitative estimate of drug-likeness (QED) is 0.744. The summed E-state index contributed by atoms with van der Waals surface area (Å²) in [4.78, 5) is 24.5. The van der Waals surface area contributed by atoms with E-state index in [2.05, 4.69) is 15.0 Å². The van der Waals surface area contributed by atoms with Gasteiger partial charge in [0.1, 0.15) is 10.8 Å². The molecule has 3 rings (SSSR count). The van der Waals surface area contributed by atoms with Crippen LogP contribution in [0.4, 0.5) is 5.82 Å². The van der Waals surface area contributed by atoms with Crippen LogP contribution in [0.3, 0.4) is 0 Å². The second kappa shape index (κ2) is 6.13. The van der Waals surface area contributed by atoms with Crippen molar-refractivity contribution >= 4 is 23.1 Å². The molecule has 6 nitrogen and oxygen atoms in total. The van der Waals surface area contributed by atoms with Gasteiger partial charge < -0.3 is 10.5 Å². The van der Waals surface area contributed by atoms with Gasteiger partial charge in [0.05, 0.1) is 12.7 Å². The summed E-state index contributed by atoms with van der Waals surface area (Å²) < 4.78 is 4.74. The number of hydrogen-bond acceptors (Lipinski definition) is 7. The molecule has 23 heavy (non-hydrogen) atoms. The van der Waals surface area contributed by atoms with Crippen LogP contribution in [0.5, 0.6) is 0 Å². The van der Waals surface area contributed by atoms with Crippen molar-refractivity contribution in [3.8, 4) is 21.7 Å². The van der Waals surface area contributed by atoms with Crippen molar-refractivity contribution in [2.75, 3.05) is 12.8 Å². The molecule has 0 aromatic carbocycles. The topological polar surface area (TPSA) is 91.0 Å². The van der Waals surface area contributed by atoms with Gasteiger partial charge in [0.2, 0.25) is 0 Å². The molecule has 0 aliphatic heterocycles. The molecule has 0 amide bonds. The highest BCUT2D eigenvalue weighted by Crippen LogP contribution is 2.34. The Balaban J connectivity index is 2.15. The Morgan fingerprint density at radius 3 is 2.74 bits per heavy atom. The number of carbonyl (C=O) groups is 1. The Bertz CT molecular complexity index is 876. The highest BCUT2D eigenvalue weighted by molar-refractivity contribution is 7.13. The molecular formula is C16H14N4O2S. The SMILES string of the molecule is COC(=O)c1cncc(-c2cnc(N)cc2-c2nc(C)cs2)c1. The predicted molar refractivity (Wildman–Crippen MR) is 89.1 cm³/mol. The molecule has 0 atom stereocenters. The van der Waals surface area contributed by atoms with Crippen LogP contribution < -0.4 is 5.73 Å². The molecule has 0 radical (unpaired) electrons. The number of nitrogens with zero attached hydrogens (tertiary/aromatic N) is 3. The highest BCUT2D eigenvalue weighted by atomic mass is 32.1. The molecule has 0 saturated heterocycles. The maximum absolute atomic E-state index is 11.7. The number of pyridine rings is 2. The van der Waals surface area contributed by atoms with Crippen LogP contribution in [0.2, 0.25) is 0 Å². The molecule has 3 aromatic rings. The van der Waals surface area contributed by atoms with E-state index in [-0.39, 0.29) is 0 Å². The van der Waals surface area contributed by atoms with Gasteiger partial charge in [-0.25, -0.2) is 14.8 Å². The maximum Gasteiger partial charge on any atom is 0.339 e. The lowest BCUT2D eigenvalue weighted by Gasteiger charge is -2.09. The van der Waals surface area contributed by atoms with Gasteiger partial charge in [-0.15, -0.1) is 11.3 Å². The number of hydrogen-bond donors (Lipinski definition) is 1. The van der Waals surface area contributed by atoms with E-state index in [1.54, 1.807) is 24.5 Å². The van der Waals surface area contributed by atoms with E-state index >= 15 is 0 Å².